The molecule has 6 heterocycles. The number of nitrogens with one attached hydrogen (secondary N) is 2. The van der Waals surface area contributed by atoms with Crippen LogP contribution in [0.3, 0.4) is 0 Å². The van der Waals surface area contributed by atoms with Crippen LogP contribution in [0.25, 0.3) is 28.0 Å². The van der Waals surface area contributed by atoms with Crippen molar-refractivity contribution in [3.05, 3.63) is 71.3 Å². The van der Waals surface area contributed by atoms with Crippen molar-refractivity contribution in [2.45, 2.75) is 128 Å². The minimum absolute atomic E-state index is 0.00940. The second-order valence-corrected chi connectivity index (χ2v) is 19.9. The lowest BCUT2D eigenvalue weighted by Crippen LogP contribution is -2.53. The van der Waals surface area contributed by atoms with Crippen LogP contribution in [0.15, 0.2) is 53.8 Å². The van der Waals surface area contributed by atoms with Gasteiger partial charge in [0.2, 0.25) is 17.7 Å². The first kappa shape index (κ1) is 40.8. The van der Waals surface area contributed by atoms with E-state index in [9.17, 15) is 19.2 Å². The summed E-state index contributed by atoms with van der Waals surface area (Å²) < 4.78 is 11.2. The van der Waals surface area contributed by atoms with E-state index < -0.39 is 6.04 Å². The van der Waals surface area contributed by atoms with Gasteiger partial charge in [-0.2, -0.15) is 0 Å². The number of imidazole rings is 1. The summed E-state index contributed by atoms with van der Waals surface area (Å²) in [5, 5.41) is 3.01. The third kappa shape index (κ3) is 7.68. The largest absolute Gasteiger partial charge is 0.381 e. The number of aromatic amines is 1. The van der Waals surface area contributed by atoms with Gasteiger partial charge in [0.25, 0.3) is 0 Å². The van der Waals surface area contributed by atoms with Crippen molar-refractivity contribution in [2.75, 3.05) is 26.4 Å². The molecule has 5 aliphatic heterocycles. The fourth-order valence-corrected chi connectivity index (χ4v) is 12.5. The second kappa shape index (κ2) is 16.6. The van der Waals surface area contributed by atoms with Crippen molar-refractivity contribution in [2.24, 2.45) is 34.6 Å². The molecular weight excluding hydrogens is 793 g/mol. The number of H-pyrrole nitrogens is 1. The van der Waals surface area contributed by atoms with E-state index in [1.807, 2.05) is 11.1 Å². The average molecular weight is 853 g/mol. The molecule has 12 heteroatoms. The van der Waals surface area contributed by atoms with Crippen LogP contribution < -0.4 is 5.32 Å². The molecule has 11 rings (SSSR count). The van der Waals surface area contributed by atoms with Gasteiger partial charge in [-0.25, -0.2) is 4.98 Å². The van der Waals surface area contributed by atoms with E-state index in [4.69, 9.17) is 19.5 Å². The number of rotatable bonds is 12. The molecule has 2 N–H and O–H groups in total. The van der Waals surface area contributed by atoms with Crippen molar-refractivity contribution in [3.8, 4) is 22.4 Å². The fraction of sp³-hybridized carbons (Fsp3) is 0.569. The number of allylic oxidation sites excluding steroid dienone is 1. The molecular formula is C51H60N6O6. The fourth-order valence-electron chi connectivity index (χ4n) is 12.5. The average Bonchev–Trinajstić information content (AvgIpc) is 3.76. The summed E-state index contributed by atoms with van der Waals surface area (Å²) in [6, 6.07) is 13.1. The van der Waals surface area contributed by atoms with Crippen LogP contribution >= 0.6 is 0 Å². The number of hydrogen-bond acceptors (Lipinski definition) is 8. The Morgan fingerprint density at radius 1 is 0.762 bits per heavy atom. The molecule has 1 aromatic heterocycles. The number of likely N-dealkylation sites (tertiary alicyclic amines) is 2. The summed E-state index contributed by atoms with van der Waals surface area (Å²) >= 11 is 0. The Bertz CT molecular complexity index is 2370. The van der Waals surface area contributed by atoms with Gasteiger partial charge in [0.05, 0.1) is 24.0 Å². The molecule has 3 amide bonds. The van der Waals surface area contributed by atoms with Gasteiger partial charge in [-0.15, -0.1) is 0 Å². The zero-order valence-corrected chi connectivity index (χ0v) is 36.7. The van der Waals surface area contributed by atoms with Gasteiger partial charge in [-0.3, -0.25) is 19.4 Å². The summed E-state index contributed by atoms with van der Waals surface area (Å²) in [7, 11) is 0. The number of hydrogen-bond donors (Lipinski definition) is 2. The van der Waals surface area contributed by atoms with E-state index in [0.717, 1.165) is 99.8 Å². The number of aliphatic imine (C=N–C) groups is 1. The van der Waals surface area contributed by atoms with E-state index in [2.05, 4.69) is 57.8 Å². The SMILES string of the molecule is CC(=O)C[C@H](C(=O)N1[C@@H]2C[C@@H]2C[C@H]1C1=NC=C(c2ccc(-c3ccc(-c4cnc([C@@H]5C[C@H]6C[C@H]6N5C(=O)[C@@H](NC(C)=O)C5CCOCC5)[nH]4)cc3)c3c2CCC3)C1)C1CCOCC1. The van der Waals surface area contributed by atoms with Crippen molar-refractivity contribution < 1.29 is 28.7 Å². The highest BCUT2D eigenvalue weighted by Gasteiger charge is 2.58. The molecule has 8 aliphatic rings. The number of piperidine rings is 2. The highest BCUT2D eigenvalue weighted by Crippen LogP contribution is 2.54. The molecule has 3 aliphatic carbocycles. The molecule has 0 bridgehead atoms. The lowest BCUT2D eigenvalue weighted by atomic mass is 9.81. The summed E-state index contributed by atoms with van der Waals surface area (Å²) in [4.78, 5) is 71.0. The molecule has 0 radical (unpaired) electrons. The predicted octanol–water partition coefficient (Wildman–Crippen LogP) is 7.02. The lowest BCUT2D eigenvalue weighted by molar-refractivity contribution is -0.142. The van der Waals surface area contributed by atoms with Crippen molar-refractivity contribution in [3.63, 3.8) is 0 Å². The van der Waals surface area contributed by atoms with Gasteiger partial charge in [-0.05, 0) is 140 Å². The first-order valence-electron chi connectivity index (χ1n) is 23.8. The van der Waals surface area contributed by atoms with Crippen molar-refractivity contribution >= 4 is 34.8 Å². The van der Waals surface area contributed by atoms with Crippen LogP contribution in [0.2, 0.25) is 0 Å². The predicted molar refractivity (Wildman–Crippen MR) is 238 cm³/mol. The zero-order chi connectivity index (χ0) is 42.9. The summed E-state index contributed by atoms with van der Waals surface area (Å²) in [5.41, 5.74) is 10.9. The molecule has 330 valence electrons. The topological polar surface area (TPSA) is 146 Å². The number of carbonyl (C=O) groups excluding carboxylic acids is 4. The number of nitrogens with zero attached hydrogens (tertiary/aromatic N) is 4. The Labute approximate surface area is 369 Å². The molecule has 0 unspecified atom stereocenters. The molecule has 3 aromatic rings. The molecule has 4 saturated heterocycles. The first-order chi connectivity index (χ1) is 30.7. The summed E-state index contributed by atoms with van der Waals surface area (Å²) in [5.74, 6) is 1.90. The Morgan fingerprint density at radius 2 is 1.38 bits per heavy atom. The zero-order valence-electron chi connectivity index (χ0n) is 36.7. The smallest absolute Gasteiger partial charge is 0.246 e. The van der Waals surface area contributed by atoms with Crippen LogP contribution in [0.5, 0.6) is 0 Å². The third-order valence-electron chi connectivity index (χ3n) is 15.9. The number of amides is 3. The quantitative estimate of drug-likeness (QED) is 0.199. The number of aromatic nitrogens is 2. The van der Waals surface area contributed by atoms with Crippen LogP contribution in [-0.4, -0.2) is 99.6 Å². The van der Waals surface area contributed by atoms with Crippen LogP contribution in [0, 0.1) is 29.6 Å². The molecule has 2 saturated carbocycles. The van der Waals surface area contributed by atoms with E-state index >= 15 is 0 Å². The van der Waals surface area contributed by atoms with Crippen molar-refractivity contribution in [1.82, 2.24) is 25.1 Å². The Morgan fingerprint density at radius 3 is 2.06 bits per heavy atom. The van der Waals surface area contributed by atoms with Gasteiger partial charge >= 0.3 is 0 Å². The Hall–Kier alpha value is -4.94. The van der Waals surface area contributed by atoms with Gasteiger partial charge < -0.3 is 34.4 Å². The van der Waals surface area contributed by atoms with E-state index in [-0.39, 0.29) is 65.4 Å². The number of Topliss-reactive ketones (excluding diaryl/α,β-unsaturated/α-hetero) is 1. The Balaban J connectivity index is 0.777. The standard InChI is InChI=1S/C51H60N6O6/c1-28(58)20-41(31-12-16-62-17-13-31)50(60)56-44-22-34(44)24-46(56)42-21-36(26-52-42)38-11-10-37(39-4-3-5-40(38)39)30-6-8-32(9-7-30)43-27-53-49(55-43)47-25-35-23-45(35)57(47)51(61)48(54-29(2)59)33-14-18-63-19-15-33/h6-11,26-27,31,33-35,41,44-48H,3-5,12-25H2,1-2H3,(H,53,55)(H,54,59)/t34-,35-,41+,44-,45-,46+,47+,48+/m1/s1. The molecule has 6 fully saturated rings. The summed E-state index contributed by atoms with van der Waals surface area (Å²) in [6.45, 7) is 5.66. The first-order valence-corrected chi connectivity index (χ1v) is 23.8. The number of benzene rings is 2. The molecule has 12 nitrogen and oxygen atoms in total. The maximum atomic E-state index is 14.4. The molecule has 0 spiro atoms. The van der Waals surface area contributed by atoms with E-state index in [0.29, 0.717) is 44.7 Å². The lowest BCUT2D eigenvalue weighted by Gasteiger charge is -2.35. The molecule has 8 atom stereocenters. The maximum Gasteiger partial charge on any atom is 0.246 e. The summed E-state index contributed by atoms with van der Waals surface area (Å²) in [6.07, 6.45) is 15.4. The highest BCUT2D eigenvalue weighted by atomic mass is 16.5. The number of ketones is 1. The minimum atomic E-state index is -0.544. The molecule has 2 aromatic carbocycles. The third-order valence-corrected chi connectivity index (χ3v) is 15.9. The van der Waals surface area contributed by atoms with Gasteiger partial charge in [0, 0.05) is 76.1 Å². The normalized spacial score (nSPS) is 28.5. The maximum absolute atomic E-state index is 14.4. The van der Waals surface area contributed by atoms with Crippen LogP contribution in [0.1, 0.15) is 113 Å². The number of carbonyl (C=O) groups is 4. The highest BCUT2D eigenvalue weighted by molar-refractivity contribution is 6.04. The van der Waals surface area contributed by atoms with Crippen molar-refractivity contribution in [1.29, 1.82) is 0 Å². The van der Waals surface area contributed by atoms with E-state index in [1.165, 1.54) is 40.3 Å². The minimum Gasteiger partial charge on any atom is -0.381 e. The van der Waals surface area contributed by atoms with E-state index in [1.54, 1.807) is 6.92 Å². The van der Waals surface area contributed by atoms with Gasteiger partial charge in [0.15, 0.2) is 0 Å². The molecule has 63 heavy (non-hydrogen) atoms. The number of ether oxygens (including phenoxy) is 2. The van der Waals surface area contributed by atoms with Crippen LogP contribution in [0.4, 0.5) is 0 Å². The second-order valence-electron chi connectivity index (χ2n) is 19.9. The van der Waals surface area contributed by atoms with Crippen LogP contribution in [-0.2, 0) is 41.5 Å². The van der Waals surface area contributed by atoms with Gasteiger partial charge in [0.1, 0.15) is 17.6 Å². The monoisotopic (exact) mass is 852 g/mol. The Kier molecular flexibility index (Phi) is 10.7. The van der Waals surface area contributed by atoms with Gasteiger partial charge in [-0.1, -0.05) is 36.4 Å². The number of fused-ring (bicyclic) bond motifs is 3.